The van der Waals surface area contributed by atoms with Gasteiger partial charge in [0.2, 0.25) is 5.91 Å². The van der Waals surface area contributed by atoms with Crippen molar-refractivity contribution in [3.63, 3.8) is 0 Å². The highest BCUT2D eigenvalue weighted by molar-refractivity contribution is 6.00. The smallest absolute Gasteiger partial charge is 0.217 e. The maximum atomic E-state index is 11.6. The molecule has 5 nitrogen and oxygen atoms in total. The molecule has 2 aromatic rings. The molecule has 1 amide bonds. The molecule has 4 rings (SSSR count). The average molecular weight is 423 g/mol. The van der Waals surface area contributed by atoms with E-state index in [1.165, 1.54) is 37.4 Å². The van der Waals surface area contributed by atoms with Gasteiger partial charge < -0.3 is 20.2 Å². The lowest BCUT2D eigenvalue weighted by molar-refractivity contribution is -0.119. The number of fused-ring (bicyclic) bond motifs is 1. The van der Waals surface area contributed by atoms with Crippen molar-refractivity contribution in [3.05, 3.63) is 35.5 Å². The van der Waals surface area contributed by atoms with Gasteiger partial charge in [0.25, 0.3) is 0 Å². The first-order valence-electron chi connectivity index (χ1n) is 12.1. The number of hydrogen-bond acceptors (Lipinski definition) is 3. The van der Waals surface area contributed by atoms with Crippen molar-refractivity contribution in [1.82, 2.24) is 14.8 Å². The molecular weight excluding hydrogens is 384 g/mol. The van der Waals surface area contributed by atoms with Crippen LogP contribution >= 0.6 is 0 Å². The van der Waals surface area contributed by atoms with Gasteiger partial charge in [0.15, 0.2) is 0 Å². The lowest BCUT2D eigenvalue weighted by Gasteiger charge is -2.42. The number of likely N-dealkylation sites (tertiary alicyclic amines) is 1. The van der Waals surface area contributed by atoms with Gasteiger partial charge in [-0.2, -0.15) is 0 Å². The van der Waals surface area contributed by atoms with E-state index >= 15 is 0 Å². The molecule has 2 heterocycles. The molecule has 1 saturated heterocycles. The van der Waals surface area contributed by atoms with Crippen LogP contribution in [0.5, 0.6) is 0 Å². The Balaban J connectivity index is 1.51. The molecule has 0 bridgehead atoms. The number of aromatic nitrogens is 1. The maximum Gasteiger partial charge on any atom is 0.217 e. The van der Waals surface area contributed by atoms with E-state index in [0.717, 1.165) is 60.5 Å². The number of amides is 1. The lowest BCUT2D eigenvalue weighted by Crippen LogP contribution is -2.44. The van der Waals surface area contributed by atoms with Gasteiger partial charge in [-0.15, -0.1) is 0 Å². The first-order valence-corrected chi connectivity index (χ1v) is 12.1. The molecule has 31 heavy (non-hydrogen) atoms. The molecule has 0 radical (unpaired) electrons. The van der Waals surface area contributed by atoms with E-state index in [9.17, 15) is 4.79 Å². The molecule has 0 unspecified atom stereocenters. The van der Waals surface area contributed by atoms with Crippen molar-refractivity contribution < 1.29 is 4.79 Å². The van der Waals surface area contributed by atoms with E-state index in [2.05, 4.69) is 46.8 Å². The van der Waals surface area contributed by atoms with Gasteiger partial charge in [-0.25, -0.2) is 0 Å². The summed E-state index contributed by atoms with van der Waals surface area (Å²) in [6, 6.07) is 9.57. The van der Waals surface area contributed by atoms with Crippen LogP contribution in [0.15, 0.2) is 24.3 Å². The summed E-state index contributed by atoms with van der Waals surface area (Å²) in [5, 5.41) is 12.1. The summed E-state index contributed by atoms with van der Waals surface area (Å²) in [4.78, 5) is 14.4. The van der Waals surface area contributed by atoms with Gasteiger partial charge in [0, 0.05) is 60.5 Å². The van der Waals surface area contributed by atoms with Crippen molar-refractivity contribution in [3.8, 4) is 0 Å². The van der Waals surface area contributed by atoms with Gasteiger partial charge in [-0.05, 0) is 56.4 Å². The highest BCUT2D eigenvalue weighted by Crippen LogP contribution is 2.37. The molecule has 1 aromatic carbocycles. The number of para-hydroxylation sites is 1. The number of hydrogen-bond donors (Lipinski definition) is 2. The molecule has 1 aliphatic carbocycles. The Kier molecular flexibility index (Phi) is 6.80. The summed E-state index contributed by atoms with van der Waals surface area (Å²) in [6.45, 7) is 9.08. The summed E-state index contributed by atoms with van der Waals surface area (Å²) < 4.78 is 2.43. The van der Waals surface area contributed by atoms with Crippen molar-refractivity contribution in [1.29, 1.82) is 5.41 Å². The van der Waals surface area contributed by atoms with Crippen LogP contribution in [0.4, 0.5) is 0 Å². The zero-order valence-corrected chi connectivity index (χ0v) is 19.4. The molecule has 0 spiro atoms. The minimum atomic E-state index is -0.0282. The van der Waals surface area contributed by atoms with E-state index in [1.54, 1.807) is 6.92 Å². The summed E-state index contributed by atoms with van der Waals surface area (Å²) in [5.41, 5.74) is 3.21. The SMILES string of the molecule is CC(=O)NCc1c(C=N)c2ccccc2n1C1CCN([C@H]2CC[C@@H](C(C)C)CC2)CC1. The molecule has 5 heteroatoms. The van der Waals surface area contributed by atoms with E-state index in [4.69, 9.17) is 5.41 Å². The third-order valence-corrected chi connectivity index (χ3v) is 7.77. The number of nitrogens with zero attached hydrogens (tertiary/aromatic N) is 2. The molecule has 2 fully saturated rings. The van der Waals surface area contributed by atoms with Crippen LogP contribution in [0.3, 0.4) is 0 Å². The number of benzene rings is 1. The van der Waals surface area contributed by atoms with E-state index in [0.29, 0.717) is 12.6 Å². The first kappa shape index (κ1) is 22.1. The Bertz CT molecular complexity index is 915. The van der Waals surface area contributed by atoms with Crippen LogP contribution in [0.2, 0.25) is 0 Å². The monoisotopic (exact) mass is 422 g/mol. The van der Waals surface area contributed by atoms with Gasteiger partial charge in [0.1, 0.15) is 0 Å². The fraction of sp³-hybridized carbons (Fsp3) is 0.615. The minimum Gasteiger partial charge on any atom is -0.351 e. The van der Waals surface area contributed by atoms with Crippen LogP contribution in [-0.4, -0.2) is 40.7 Å². The zero-order chi connectivity index (χ0) is 22.0. The van der Waals surface area contributed by atoms with Crippen LogP contribution in [-0.2, 0) is 11.3 Å². The van der Waals surface area contributed by atoms with Crippen molar-refractivity contribution in [2.75, 3.05) is 13.1 Å². The predicted octanol–water partition coefficient (Wildman–Crippen LogP) is 5.13. The van der Waals surface area contributed by atoms with Crippen LogP contribution < -0.4 is 5.32 Å². The molecule has 1 saturated carbocycles. The summed E-state index contributed by atoms with van der Waals surface area (Å²) in [7, 11) is 0. The third-order valence-electron chi connectivity index (χ3n) is 7.77. The standard InChI is InChI=1S/C26H38N4O/c1-18(2)20-8-10-21(11-9-20)29-14-12-22(13-15-29)30-25-7-5-4-6-23(25)24(16-27)26(30)17-28-19(3)31/h4-7,16,18,20-22,27H,8-15,17H2,1-3H3,(H,28,31)/t20-,21+. The summed E-state index contributed by atoms with van der Waals surface area (Å²) >= 11 is 0. The predicted molar refractivity (Wildman–Crippen MR) is 128 cm³/mol. The molecule has 0 atom stereocenters. The van der Waals surface area contributed by atoms with Gasteiger partial charge in [-0.3, -0.25) is 4.79 Å². The van der Waals surface area contributed by atoms with Gasteiger partial charge >= 0.3 is 0 Å². The van der Waals surface area contributed by atoms with E-state index < -0.39 is 0 Å². The van der Waals surface area contributed by atoms with Crippen LogP contribution in [0.1, 0.15) is 76.6 Å². The largest absolute Gasteiger partial charge is 0.351 e. The van der Waals surface area contributed by atoms with Gasteiger partial charge in [0.05, 0.1) is 6.54 Å². The zero-order valence-electron chi connectivity index (χ0n) is 19.4. The highest BCUT2D eigenvalue weighted by atomic mass is 16.1. The number of nitrogens with one attached hydrogen (secondary N) is 2. The number of piperidine rings is 1. The molecule has 1 aromatic heterocycles. The van der Waals surface area contributed by atoms with Crippen molar-refractivity contribution in [2.24, 2.45) is 11.8 Å². The number of rotatable bonds is 6. The Morgan fingerprint density at radius 2 is 1.77 bits per heavy atom. The fourth-order valence-corrected chi connectivity index (χ4v) is 5.95. The first-order chi connectivity index (χ1) is 15.0. The van der Waals surface area contributed by atoms with Crippen molar-refractivity contribution in [2.45, 2.75) is 77.9 Å². The Labute approximate surface area is 186 Å². The number of carbonyl (C=O) groups excluding carboxylic acids is 1. The Hall–Kier alpha value is -2.14. The molecule has 1 aliphatic heterocycles. The van der Waals surface area contributed by atoms with E-state index in [1.807, 2.05) is 6.07 Å². The van der Waals surface area contributed by atoms with E-state index in [-0.39, 0.29) is 5.91 Å². The summed E-state index contributed by atoms with van der Waals surface area (Å²) in [6.07, 6.45) is 9.19. The second-order valence-corrected chi connectivity index (χ2v) is 9.88. The van der Waals surface area contributed by atoms with Gasteiger partial charge in [-0.1, -0.05) is 32.0 Å². The second kappa shape index (κ2) is 9.56. The number of carbonyl (C=O) groups is 1. The average Bonchev–Trinajstić information content (AvgIpc) is 3.11. The quantitative estimate of drug-likeness (QED) is 0.634. The molecule has 2 aliphatic rings. The fourth-order valence-electron chi connectivity index (χ4n) is 5.95. The minimum absolute atomic E-state index is 0.0282. The summed E-state index contributed by atoms with van der Waals surface area (Å²) in [5.74, 6) is 1.70. The third kappa shape index (κ3) is 4.57. The molecular formula is C26H38N4O. The lowest BCUT2D eigenvalue weighted by atomic mass is 9.79. The molecule has 168 valence electrons. The Morgan fingerprint density at radius 3 is 2.39 bits per heavy atom. The Morgan fingerprint density at radius 1 is 1.10 bits per heavy atom. The highest BCUT2D eigenvalue weighted by Gasteiger charge is 2.31. The van der Waals surface area contributed by atoms with Crippen LogP contribution in [0.25, 0.3) is 10.9 Å². The maximum absolute atomic E-state index is 11.6. The van der Waals surface area contributed by atoms with Crippen LogP contribution in [0, 0.1) is 17.2 Å². The molecule has 2 N–H and O–H groups in total. The normalized spacial score (nSPS) is 23.4. The van der Waals surface area contributed by atoms with Crippen molar-refractivity contribution >= 4 is 23.0 Å². The second-order valence-electron chi connectivity index (χ2n) is 9.88. The topological polar surface area (TPSA) is 61.1 Å².